The second kappa shape index (κ2) is 6.96. The first-order chi connectivity index (χ1) is 9.56. The summed E-state index contributed by atoms with van der Waals surface area (Å²) in [6.45, 7) is 8.85. The van der Waals surface area contributed by atoms with Crippen molar-refractivity contribution in [2.45, 2.75) is 58.7 Å². The minimum Gasteiger partial charge on any atom is -0.389 e. The summed E-state index contributed by atoms with van der Waals surface area (Å²) in [5.41, 5.74) is 3.14. The number of hydrogen-bond donors (Lipinski definition) is 2. The van der Waals surface area contributed by atoms with Crippen LogP contribution in [0.3, 0.4) is 0 Å². The van der Waals surface area contributed by atoms with Crippen LogP contribution in [0.5, 0.6) is 0 Å². The lowest BCUT2D eigenvalue weighted by atomic mass is 9.97. The molecule has 0 spiro atoms. The summed E-state index contributed by atoms with van der Waals surface area (Å²) >= 11 is 1.94. The van der Waals surface area contributed by atoms with Crippen molar-refractivity contribution >= 4 is 11.8 Å². The lowest BCUT2D eigenvalue weighted by molar-refractivity contribution is 0.0320. The zero-order chi connectivity index (χ0) is 14.6. The molecule has 0 aliphatic carbocycles. The number of aliphatic hydroxyl groups is 1. The van der Waals surface area contributed by atoms with Crippen molar-refractivity contribution in [1.29, 1.82) is 0 Å². The Kier molecular flexibility index (Phi) is 5.52. The van der Waals surface area contributed by atoms with Crippen molar-refractivity contribution in [1.82, 2.24) is 15.1 Å². The standard InChI is InChI=1S/C15H27N3OS/c1-4-7-18-13(3)14(12(2)17-18)10-16-11-15(19)5-8-20-9-6-15/h16,19H,4-11H2,1-3H3. The highest BCUT2D eigenvalue weighted by Crippen LogP contribution is 2.26. The predicted molar refractivity (Wildman–Crippen MR) is 85.2 cm³/mol. The number of aryl methyl sites for hydroxylation is 2. The molecule has 2 rings (SSSR count). The number of rotatable bonds is 6. The molecule has 0 radical (unpaired) electrons. The van der Waals surface area contributed by atoms with Crippen LogP contribution >= 0.6 is 11.8 Å². The van der Waals surface area contributed by atoms with Crippen molar-refractivity contribution in [2.75, 3.05) is 18.1 Å². The van der Waals surface area contributed by atoms with E-state index in [-0.39, 0.29) is 0 Å². The van der Waals surface area contributed by atoms with Crippen molar-refractivity contribution in [3.05, 3.63) is 17.0 Å². The molecule has 0 bridgehead atoms. The molecule has 0 aromatic carbocycles. The van der Waals surface area contributed by atoms with Crippen LogP contribution in [0.1, 0.15) is 43.1 Å². The van der Waals surface area contributed by atoms with Crippen LogP contribution in [0.15, 0.2) is 0 Å². The lowest BCUT2D eigenvalue weighted by Crippen LogP contribution is -2.43. The highest BCUT2D eigenvalue weighted by molar-refractivity contribution is 7.99. The summed E-state index contributed by atoms with van der Waals surface area (Å²) in [5.74, 6) is 2.15. The first-order valence-electron chi connectivity index (χ1n) is 7.59. The molecule has 114 valence electrons. The Balaban J connectivity index is 1.90. The van der Waals surface area contributed by atoms with E-state index in [0.717, 1.165) is 49.6 Å². The van der Waals surface area contributed by atoms with Gasteiger partial charge in [0.15, 0.2) is 0 Å². The average Bonchev–Trinajstić information content (AvgIpc) is 2.67. The number of nitrogens with zero attached hydrogens (tertiary/aromatic N) is 2. The van der Waals surface area contributed by atoms with E-state index in [1.54, 1.807) is 0 Å². The number of nitrogens with one attached hydrogen (secondary N) is 1. The first kappa shape index (κ1) is 15.9. The van der Waals surface area contributed by atoms with Crippen LogP contribution in [0.25, 0.3) is 0 Å². The van der Waals surface area contributed by atoms with E-state index >= 15 is 0 Å². The molecule has 1 fully saturated rings. The third-order valence-electron chi connectivity index (χ3n) is 4.15. The maximum Gasteiger partial charge on any atom is 0.0787 e. The van der Waals surface area contributed by atoms with E-state index in [9.17, 15) is 5.11 Å². The van der Waals surface area contributed by atoms with Crippen molar-refractivity contribution in [3.8, 4) is 0 Å². The van der Waals surface area contributed by atoms with Gasteiger partial charge in [-0.15, -0.1) is 0 Å². The van der Waals surface area contributed by atoms with Gasteiger partial charge in [0.1, 0.15) is 0 Å². The van der Waals surface area contributed by atoms with Gasteiger partial charge in [0.25, 0.3) is 0 Å². The summed E-state index contributed by atoms with van der Waals surface area (Å²) in [4.78, 5) is 0. The van der Waals surface area contributed by atoms with E-state index in [2.05, 4.69) is 35.9 Å². The molecule has 4 nitrogen and oxygen atoms in total. The largest absolute Gasteiger partial charge is 0.389 e. The predicted octanol–water partition coefficient (Wildman–Crippen LogP) is 2.26. The molecule has 1 aliphatic rings. The van der Waals surface area contributed by atoms with Gasteiger partial charge in [-0.05, 0) is 44.6 Å². The molecule has 1 aromatic rings. The number of thioether (sulfide) groups is 1. The van der Waals surface area contributed by atoms with Gasteiger partial charge >= 0.3 is 0 Å². The van der Waals surface area contributed by atoms with E-state index in [4.69, 9.17) is 0 Å². The second-order valence-corrected chi connectivity index (χ2v) is 7.04. The molecule has 0 unspecified atom stereocenters. The van der Waals surface area contributed by atoms with Gasteiger partial charge in [-0.25, -0.2) is 0 Å². The van der Waals surface area contributed by atoms with Gasteiger partial charge in [-0.3, -0.25) is 4.68 Å². The Bertz CT molecular complexity index is 439. The van der Waals surface area contributed by atoms with Gasteiger partial charge in [-0.2, -0.15) is 16.9 Å². The molecular formula is C15H27N3OS. The summed E-state index contributed by atoms with van der Waals surface area (Å²) in [7, 11) is 0. The second-order valence-electron chi connectivity index (χ2n) is 5.81. The Morgan fingerprint density at radius 3 is 2.70 bits per heavy atom. The maximum atomic E-state index is 10.5. The van der Waals surface area contributed by atoms with Gasteiger partial charge in [0, 0.05) is 30.9 Å². The van der Waals surface area contributed by atoms with Crippen LogP contribution < -0.4 is 5.32 Å². The topological polar surface area (TPSA) is 50.1 Å². The quantitative estimate of drug-likeness (QED) is 0.845. The Hall–Kier alpha value is -0.520. The molecule has 5 heteroatoms. The van der Waals surface area contributed by atoms with Crippen LogP contribution in [0, 0.1) is 13.8 Å². The Morgan fingerprint density at radius 2 is 2.05 bits per heavy atom. The summed E-state index contributed by atoms with van der Waals surface area (Å²) in [6, 6.07) is 0. The van der Waals surface area contributed by atoms with E-state index in [1.165, 1.54) is 11.3 Å². The number of aromatic nitrogens is 2. The summed E-state index contributed by atoms with van der Waals surface area (Å²) in [6.07, 6.45) is 2.90. The SMILES string of the molecule is CCCn1nc(C)c(CNCC2(O)CCSCC2)c1C. The van der Waals surface area contributed by atoms with Crippen molar-refractivity contribution in [2.24, 2.45) is 0 Å². The molecule has 0 atom stereocenters. The molecular weight excluding hydrogens is 270 g/mol. The third kappa shape index (κ3) is 3.77. The highest BCUT2D eigenvalue weighted by atomic mass is 32.2. The minimum absolute atomic E-state index is 0.507. The van der Waals surface area contributed by atoms with Gasteiger partial charge in [-0.1, -0.05) is 6.92 Å². The summed E-state index contributed by atoms with van der Waals surface area (Å²) in [5, 5.41) is 18.5. The maximum absolute atomic E-state index is 10.5. The molecule has 1 aromatic heterocycles. The smallest absolute Gasteiger partial charge is 0.0787 e. The molecule has 1 aliphatic heterocycles. The van der Waals surface area contributed by atoms with Crippen LogP contribution in [0.2, 0.25) is 0 Å². The fourth-order valence-corrected chi connectivity index (χ4v) is 4.02. The molecule has 20 heavy (non-hydrogen) atoms. The average molecular weight is 297 g/mol. The monoisotopic (exact) mass is 297 g/mol. The lowest BCUT2D eigenvalue weighted by Gasteiger charge is -2.32. The minimum atomic E-state index is -0.507. The molecule has 1 saturated heterocycles. The third-order valence-corrected chi connectivity index (χ3v) is 5.13. The molecule has 2 heterocycles. The molecule has 2 N–H and O–H groups in total. The zero-order valence-electron chi connectivity index (χ0n) is 12.9. The van der Waals surface area contributed by atoms with Crippen molar-refractivity contribution < 1.29 is 5.11 Å². The Labute approximate surface area is 126 Å². The fraction of sp³-hybridized carbons (Fsp3) is 0.800. The van der Waals surface area contributed by atoms with Crippen molar-refractivity contribution in [3.63, 3.8) is 0 Å². The van der Waals surface area contributed by atoms with Gasteiger partial charge in [0.2, 0.25) is 0 Å². The van der Waals surface area contributed by atoms with Crippen LogP contribution in [0.4, 0.5) is 0 Å². The molecule has 0 saturated carbocycles. The van der Waals surface area contributed by atoms with Crippen LogP contribution in [-0.2, 0) is 13.1 Å². The Morgan fingerprint density at radius 1 is 1.35 bits per heavy atom. The van der Waals surface area contributed by atoms with E-state index < -0.39 is 5.60 Å². The van der Waals surface area contributed by atoms with E-state index in [1.807, 2.05) is 11.8 Å². The van der Waals surface area contributed by atoms with E-state index in [0.29, 0.717) is 6.54 Å². The normalized spacial score (nSPS) is 18.4. The number of hydrogen-bond acceptors (Lipinski definition) is 4. The first-order valence-corrected chi connectivity index (χ1v) is 8.75. The highest BCUT2D eigenvalue weighted by Gasteiger charge is 2.29. The van der Waals surface area contributed by atoms with Crippen LogP contribution in [-0.4, -0.2) is 38.5 Å². The fourth-order valence-electron chi connectivity index (χ4n) is 2.77. The van der Waals surface area contributed by atoms with Gasteiger partial charge < -0.3 is 10.4 Å². The molecule has 0 amide bonds. The zero-order valence-corrected chi connectivity index (χ0v) is 13.7. The van der Waals surface area contributed by atoms with Gasteiger partial charge in [0.05, 0.1) is 11.3 Å². The summed E-state index contributed by atoms with van der Waals surface area (Å²) < 4.78 is 2.10.